The van der Waals surface area contributed by atoms with Crippen LogP contribution < -0.4 is 20.5 Å². The first kappa shape index (κ1) is 62.0. The van der Waals surface area contributed by atoms with Gasteiger partial charge in [0.25, 0.3) is 0 Å². The van der Waals surface area contributed by atoms with Gasteiger partial charge >= 0.3 is 18.0 Å². The normalized spacial score (nSPS) is 17.9. The second kappa shape index (κ2) is 33.5. The molecule has 2 aromatic rings. The van der Waals surface area contributed by atoms with Crippen molar-refractivity contribution in [1.29, 1.82) is 0 Å². The van der Waals surface area contributed by atoms with Crippen LogP contribution >= 0.6 is 0 Å². The maximum atomic E-state index is 12.9. The summed E-state index contributed by atoms with van der Waals surface area (Å²) in [6, 6.07) is 15.9. The number of esters is 2. The van der Waals surface area contributed by atoms with Gasteiger partial charge < -0.3 is 34.7 Å². The topological polar surface area (TPSA) is 135 Å². The predicted molar refractivity (Wildman–Crippen MR) is 295 cm³/mol. The minimum atomic E-state index is -0.819. The highest BCUT2D eigenvalue weighted by molar-refractivity contribution is 5.87. The molecule has 10 nitrogen and oxygen atoms in total. The summed E-state index contributed by atoms with van der Waals surface area (Å²) in [5, 5.41) is 2.89. The van der Waals surface area contributed by atoms with Crippen molar-refractivity contribution in [1.82, 2.24) is 5.32 Å². The molecule has 0 radical (unpaired) electrons. The van der Waals surface area contributed by atoms with Crippen molar-refractivity contribution in [2.75, 3.05) is 39.5 Å². The van der Waals surface area contributed by atoms with Gasteiger partial charge in [0.2, 0.25) is 0 Å². The van der Waals surface area contributed by atoms with E-state index in [0.717, 1.165) is 66.4 Å². The molecular formula is C62H100N2O8. The summed E-state index contributed by atoms with van der Waals surface area (Å²) in [7, 11) is 0. The van der Waals surface area contributed by atoms with Crippen LogP contribution in [0.1, 0.15) is 202 Å². The number of carbonyl (C=O) groups excluding carboxylic acids is 3. The van der Waals surface area contributed by atoms with E-state index in [1.54, 1.807) is 13.8 Å². The summed E-state index contributed by atoms with van der Waals surface area (Å²) in [5.74, 6) is 3.98. The zero-order valence-electron chi connectivity index (χ0n) is 46.7. The summed E-state index contributed by atoms with van der Waals surface area (Å²) in [6.45, 7) is 27.9. The highest BCUT2D eigenvalue weighted by Gasteiger charge is 2.36. The Morgan fingerprint density at radius 3 is 1.64 bits per heavy atom. The van der Waals surface area contributed by atoms with Crippen LogP contribution in [-0.2, 0) is 29.2 Å². The third-order valence-electron chi connectivity index (χ3n) is 15.3. The third-order valence-corrected chi connectivity index (χ3v) is 15.3. The number of ether oxygens (including phenoxy) is 5. The van der Waals surface area contributed by atoms with Gasteiger partial charge in [-0.1, -0.05) is 182 Å². The predicted octanol–water partition coefficient (Wildman–Crippen LogP) is 15.0. The Kier molecular flexibility index (Phi) is 28.8. The van der Waals surface area contributed by atoms with Gasteiger partial charge in [0.15, 0.2) is 6.10 Å². The zero-order chi connectivity index (χ0) is 52.9. The van der Waals surface area contributed by atoms with Crippen LogP contribution in [-0.4, -0.2) is 63.7 Å². The third kappa shape index (κ3) is 23.3. The Balaban J connectivity index is 1.42. The van der Waals surface area contributed by atoms with Crippen LogP contribution in [0.3, 0.4) is 0 Å². The first-order chi connectivity index (χ1) is 34.4. The number of amides is 1. The molecule has 3 rings (SSSR count). The molecular weight excluding hydrogens is 901 g/mol. The van der Waals surface area contributed by atoms with E-state index < -0.39 is 24.1 Å². The molecule has 0 saturated heterocycles. The standard InChI is InChI=1S/C62H100N2O8/c1-12-13-22-27-49-31-30-48(6)56(57(49)29-24-19-17-20-25-40-63)28-23-18-15-14-16-21-26-41-64-60(67)72-55(45-71-59(66)47(4)5)44-69-54-38-34-51(35-39-54)62(10,11)50-32-36-53(37-33-50)68-42-52(61(7,8)9)43-70-58(65)46(2)3/h32-39,48-49,52,55-57H,2,4,12-31,40-45,63H2,1,3,5-11H3,(H,64,67). The Labute approximate surface area is 437 Å². The van der Waals surface area contributed by atoms with E-state index in [1.807, 2.05) is 36.4 Å². The summed E-state index contributed by atoms with van der Waals surface area (Å²) in [4.78, 5) is 37.2. The summed E-state index contributed by atoms with van der Waals surface area (Å²) in [5.41, 5.74) is 8.11. The average molecular weight is 1000 g/mol. The molecule has 1 fully saturated rings. The molecule has 10 heteroatoms. The smallest absolute Gasteiger partial charge is 0.407 e. The molecule has 406 valence electrons. The van der Waals surface area contributed by atoms with Crippen LogP contribution in [0, 0.1) is 35.0 Å². The van der Waals surface area contributed by atoms with Crippen molar-refractivity contribution in [3.8, 4) is 11.5 Å². The Bertz CT molecular complexity index is 1870. The lowest BCUT2D eigenvalue weighted by molar-refractivity contribution is -0.143. The number of hydrogen-bond acceptors (Lipinski definition) is 9. The molecule has 3 N–H and O–H groups in total. The molecule has 6 atom stereocenters. The summed E-state index contributed by atoms with van der Waals surface area (Å²) in [6.07, 6.45) is 24.6. The van der Waals surface area contributed by atoms with E-state index in [1.165, 1.54) is 109 Å². The number of unbranched alkanes of at least 4 members (excludes halogenated alkanes) is 12. The summed E-state index contributed by atoms with van der Waals surface area (Å²) < 4.78 is 28.8. The lowest BCUT2D eigenvalue weighted by Crippen LogP contribution is -2.36. The van der Waals surface area contributed by atoms with Crippen molar-refractivity contribution < 1.29 is 38.1 Å². The minimum Gasteiger partial charge on any atom is -0.493 e. The van der Waals surface area contributed by atoms with E-state index in [-0.39, 0.29) is 42.1 Å². The molecule has 72 heavy (non-hydrogen) atoms. The molecule has 1 amide bonds. The Morgan fingerprint density at radius 2 is 1.11 bits per heavy atom. The molecule has 1 aliphatic rings. The van der Waals surface area contributed by atoms with Crippen molar-refractivity contribution in [3.63, 3.8) is 0 Å². The van der Waals surface area contributed by atoms with Crippen molar-refractivity contribution in [3.05, 3.63) is 84.0 Å². The quantitative estimate of drug-likeness (QED) is 0.0296. The van der Waals surface area contributed by atoms with E-state index in [2.05, 4.69) is 79.1 Å². The van der Waals surface area contributed by atoms with Gasteiger partial charge in [0.05, 0.1) is 13.2 Å². The molecule has 1 saturated carbocycles. The van der Waals surface area contributed by atoms with Gasteiger partial charge in [0.1, 0.15) is 24.7 Å². The van der Waals surface area contributed by atoms with E-state index >= 15 is 0 Å². The van der Waals surface area contributed by atoms with Crippen molar-refractivity contribution in [2.24, 2.45) is 40.7 Å². The maximum Gasteiger partial charge on any atom is 0.407 e. The van der Waals surface area contributed by atoms with E-state index in [4.69, 9.17) is 29.4 Å². The fourth-order valence-electron chi connectivity index (χ4n) is 10.2. The van der Waals surface area contributed by atoms with Crippen molar-refractivity contribution >= 4 is 18.0 Å². The van der Waals surface area contributed by atoms with Gasteiger partial charge in [-0.15, -0.1) is 0 Å². The number of nitrogens with one attached hydrogen (secondary N) is 1. The molecule has 2 aromatic carbocycles. The number of carbonyl (C=O) groups is 3. The molecule has 0 heterocycles. The first-order valence-corrected chi connectivity index (χ1v) is 28.1. The molecule has 1 aliphatic carbocycles. The fourth-order valence-corrected chi connectivity index (χ4v) is 10.2. The SMILES string of the molecule is C=C(C)C(=O)OCC(COc1ccc(C(C)(C)c2ccc(OCC(COC(=O)C(=C)C)C(C)(C)C)cc2)cc1)OC(=O)NCCCCCCCCCC1C(C)CCC(CCCCC)C1CCCCCCCN. The highest BCUT2D eigenvalue weighted by atomic mass is 16.6. The molecule has 0 bridgehead atoms. The van der Waals surface area contributed by atoms with Crippen LogP contribution in [0.15, 0.2) is 72.8 Å². The minimum absolute atomic E-state index is 0.00295. The van der Waals surface area contributed by atoms with E-state index in [9.17, 15) is 14.4 Å². The van der Waals surface area contributed by atoms with Gasteiger partial charge in [-0.2, -0.15) is 0 Å². The summed E-state index contributed by atoms with van der Waals surface area (Å²) >= 11 is 0. The molecule has 0 aliphatic heterocycles. The van der Waals surface area contributed by atoms with Gasteiger partial charge in [-0.05, 0) is 117 Å². The first-order valence-electron chi connectivity index (χ1n) is 28.1. The Morgan fingerprint density at radius 1 is 0.625 bits per heavy atom. The maximum absolute atomic E-state index is 12.9. The monoisotopic (exact) mass is 1000 g/mol. The number of hydrogen-bond donors (Lipinski definition) is 2. The van der Waals surface area contributed by atoms with Crippen molar-refractivity contribution in [2.45, 2.75) is 202 Å². The van der Waals surface area contributed by atoms with Crippen LogP contribution in [0.4, 0.5) is 4.79 Å². The van der Waals surface area contributed by atoms with Crippen LogP contribution in [0.2, 0.25) is 0 Å². The number of rotatable bonds is 36. The highest BCUT2D eigenvalue weighted by Crippen LogP contribution is 2.46. The number of alkyl carbamates (subject to hydrolysis) is 1. The fraction of sp³-hybridized carbons (Fsp3) is 0.694. The van der Waals surface area contributed by atoms with E-state index in [0.29, 0.717) is 24.5 Å². The van der Waals surface area contributed by atoms with Gasteiger partial charge in [-0.3, -0.25) is 0 Å². The second-order valence-electron chi connectivity index (χ2n) is 22.8. The van der Waals surface area contributed by atoms with Gasteiger partial charge in [0, 0.05) is 29.0 Å². The van der Waals surface area contributed by atoms with Crippen LogP contribution in [0.5, 0.6) is 11.5 Å². The lowest BCUT2D eigenvalue weighted by atomic mass is 9.63. The molecule has 0 aromatic heterocycles. The zero-order valence-corrected chi connectivity index (χ0v) is 46.7. The molecule has 0 spiro atoms. The largest absolute Gasteiger partial charge is 0.493 e. The van der Waals surface area contributed by atoms with Crippen LogP contribution in [0.25, 0.3) is 0 Å². The Hall–Kier alpha value is -4.31. The lowest BCUT2D eigenvalue weighted by Gasteiger charge is -2.43. The second-order valence-corrected chi connectivity index (χ2v) is 22.8. The van der Waals surface area contributed by atoms with Gasteiger partial charge in [-0.25, -0.2) is 14.4 Å². The number of benzene rings is 2. The average Bonchev–Trinajstić information content (AvgIpc) is 3.34. The molecule has 6 unspecified atom stereocenters. The number of nitrogens with two attached hydrogens (primary N) is 1.